The molecule has 4 aliphatic rings. The van der Waals surface area contributed by atoms with E-state index in [9.17, 15) is 19.8 Å². The van der Waals surface area contributed by atoms with E-state index in [-0.39, 0.29) is 11.2 Å². The molecule has 4 rings (SSSR count). The highest BCUT2D eigenvalue weighted by atomic mass is 16.3. The first-order valence-electron chi connectivity index (χ1n) is 9.57. The first-order chi connectivity index (χ1) is 11.8. The van der Waals surface area contributed by atoms with E-state index < -0.39 is 23.4 Å². The van der Waals surface area contributed by atoms with Crippen LogP contribution >= 0.6 is 0 Å². The molecule has 0 aromatic heterocycles. The Bertz CT molecular complexity index is 692. The van der Waals surface area contributed by atoms with Crippen molar-refractivity contribution in [2.45, 2.75) is 58.0 Å². The van der Waals surface area contributed by atoms with Crippen LogP contribution in [0.2, 0.25) is 0 Å². The van der Waals surface area contributed by atoms with Crippen LogP contribution in [0.4, 0.5) is 0 Å². The number of Topliss-reactive ketones (excluding diaryl/α,β-unsaturated/α-hetero) is 1. The molecular weight excluding hydrogens is 316 g/mol. The summed E-state index contributed by atoms with van der Waals surface area (Å²) in [6, 6.07) is 0. The Morgan fingerprint density at radius 1 is 1.20 bits per heavy atom. The molecule has 4 nitrogen and oxygen atoms in total. The predicted molar refractivity (Wildman–Crippen MR) is 93.7 cm³/mol. The molecule has 0 amide bonds. The van der Waals surface area contributed by atoms with Gasteiger partial charge in [0, 0.05) is 10.8 Å². The van der Waals surface area contributed by atoms with Gasteiger partial charge in [-0.15, -0.1) is 0 Å². The van der Waals surface area contributed by atoms with E-state index in [1.807, 2.05) is 6.08 Å². The minimum absolute atomic E-state index is 0.0696. The third-order valence-corrected chi connectivity index (χ3v) is 8.31. The Morgan fingerprint density at radius 2 is 1.92 bits per heavy atom. The molecule has 6 atom stereocenters. The van der Waals surface area contributed by atoms with Crippen LogP contribution in [0.1, 0.15) is 52.4 Å². The fourth-order valence-corrected chi connectivity index (χ4v) is 6.80. The smallest absolute Gasteiger partial charge is 0.190 e. The van der Waals surface area contributed by atoms with Gasteiger partial charge in [0.25, 0.3) is 0 Å². The Kier molecular flexibility index (Phi) is 3.69. The second-order valence-corrected chi connectivity index (χ2v) is 9.04. The maximum Gasteiger partial charge on any atom is 0.190 e. The zero-order valence-electron chi connectivity index (χ0n) is 15.1. The summed E-state index contributed by atoms with van der Waals surface area (Å²) in [6.07, 6.45) is 10.6. The molecule has 2 N–H and O–H groups in total. The molecule has 0 radical (unpaired) electrons. The summed E-state index contributed by atoms with van der Waals surface area (Å²) in [4.78, 5) is 24.1. The van der Waals surface area contributed by atoms with Gasteiger partial charge in [-0.25, -0.2) is 0 Å². The number of hydrogen-bond acceptors (Lipinski definition) is 4. The van der Waals surface area contributed by atoms with Crippen molar-refractivity contribution >= 4 is 11.6 Å². The molecular formula is C21H28O4. The van der Waals surface area contributed by atoms with Gasteiger partial charge >= 0.3 is 0 Å². The van der Waals surface area contributed by atoms with Crippen molar-refractivity contribution in [3.05, 3.63) is 23.8 Å². The van der Waals surface area contributed by atoms with Gasteiger partial charge in [0.1, 0.15) is 12.2 Å². The van der Waals surface area contributed by atoms with Crippen LogP contribution in [0, 0.1) is 28.6 Å². The van der Waals surface area contributed by atoms with Crippen LogP contribution in [0.5, 0.6) is 0 Å². The van der Waals surface area contributed by atoms with Gasteiger partial charge in [-0.2, -0.15) is 0 Å². The molecule has 25 heavy (non-hydrogen) atoms. The van der Waals surface area contributed by atoms with Crippen molar-refractivity contribution in [3.63, 3.8) is 0 Å². The van der Waals surface area contributed by atoms with E-state index in [4.69, 9.17) is 0 Å². The predicted octanol–water partition coefficient (Wildman–Crippen LogP) is 2.59. The van der Waals surface area contributed by atoms with Crippen molar-refractivity contribution in [1.29, 1.82) is 0 Å². The summed E-state index contributed by atoms with van der Waals surface area (Å²) in [6.45, 7) is 3.73. The van der Waals surface area contributed by atoms with E-state index in [0.717, 1.165) is 32.1 Å². The largest absolute Gasteiger partial charge is 0.388 e. The molecule has 0 unspecified atom stereocenters. The quantitative estimate of drug-likeness (QED) is 0.807. The fraction of sp³-hybridized carbons (Fsp3) is 0.714. The minimum atomic E-state index is -1.38. The highest BCUT2D eigenvalue weighted by Gasteiger charge is 2.65. The first kappa shape index (κ1) is 17.2. The van der Waals surface area contributed by atoms with Crippen molar-refractivity contribution in [2.24, 2.45) is 28.6 Å². The summed E-state index contributed by atoms with van der Waals surface area (Å²) in [7, 11) is 0. The Morgan fingerprint density at radius 3 is 2.64 bits per heavy atom. The summed E-state index contributed by atoms with van der Waals surface area (Å²) in [5, 5.41) is 20.5. The Balaban J connectivity index is 1.69. The van der Waals surface area contributed by atoms with Gasteiger partial charge in [-0.1, -0.05) is 25.5 Å². The minimum Gasteiger partial charge on any atom is -0.388 e. The maximum atomic E-state index is 12.3. The molecule has 0 heterocycles. The van der Waals surface area contributed by atoms with E-state index in [1.165, 1.54) is 5.57 Å². The Hall–Kier alpha value is -1.26. The SMILES string of the molecule is C[C@@]12C=CC(=O)C=C1CC[C@H]1[C@H]2CC[C@]2(C)[C@@H]1CC[C@@]2(O)C(=O)CO. The van der Waals surface area contributed by atoms with Gasteiger partial charge in [0.05, 0.1) is 0 Å². The molecule has 3 saturated carbocycles. The van der Waals surface area contributed by atoms with Gasteiger partial charge in [0.15, 0.2) is 11.6 Å². The second kappa shape index (κ2) is 5.37. The zero-order valence-corrected chi connectivity index (χ0v) is 15.1. The van der Waals surface area contributed by atoms with Gasteiger partial charge in [-0.05, 0) is 68.4 Å². The molecule has 4 aliphatic carbocycles. The first-order valence-corrected chi connectivity index (χ1v) is 9.57. The highest BCUT2D eigenvalue weighted by Crippen LogP contribution is 2.67. The second-order valence-electron chi connectivity index (χ2n) is 9.04. The Labute approximate surface area is 149 Å². The number of hydrogen-bond donors (Lipinski definition) is 2. The van der Waals surface area contributed by atoms with Crippen LogP contribution < -0.4 is 0 Å². The number of allylic oxidation sites excluding steroid dienone is 4. The number of carbonyl (C=O) groups excluding carboxylic acids is 2. The lowest BCUT2D eigenvalue weighted by atomic mass is 9.47. The number of carbonyl (C=O) groups is 2. The van der Waals surface area contributed by atoms with Crippen LogP contribution in [0.15, 0.2) is 23.8 Å². The number of fused-ring (bicyclic) bond motifs is 5. The van der Waals surface area contributed by atoms with Gasteiger partial charge < -0.3 is 10.2 Å². The van der Waals surface area contributed by atoms with Gasteiger partial charge in [-0.3, -0.25) is 9.59 Å². The van der Waals surface area contributed by atoms with Gasteiger partial charge in [0.2, 0.25) is 0 Å². The molecule has 0 saturated heterocycles. The molecule has 3 fully saturated rings. The summed E-state index contributed by atoms with van der Waals surface area (Å²) in [5.74, 6) is 0.897. The molecule has 0 aromatic carbocycles. The fourth-order valence-electron chi connectivity index (χ4n) is 6.80. The normalized spacial score (nSPS) is 48.4. The summed E-state index contributed by atoms with van der Waals surface area (Å²) in [5.41, 5.74) is -0.642. The number of aliphatic hydroxyl groups excluding tert-OH is 1. The third kappa shape index (κ3) is 2.07. The van der Waals surface area contributed by atoms with Crippen LogP contribution in [0.25, 0.3) is 0 Å². The zero-order chi connectivity index (χ0) is 18.0. The molecule has 0 bridgehead atoms. The van der Waals surface area contributed by atoms with E-state index in [1.54, 1.807) is 6.08 Å². The lowest BCUT2D eigenvalue weighted by molar-refractivity contribution is -0.163. The maximum absolute atomic E-state index is 12.3. The average Bonchev–Trinajstić information content (AvgIpc) is 2.87. The molecule has 0 aliphatic heterocycles. The van der Waals surface area contributed by atoms with Crippen LogP contribution in [0.3, 0.4) is 0 Å². The topological polar surface area (TPSA) is 74.6 Å². The highest BCUT2D eigenvalue weighted by molar-refractivity contribution is 6.01. The van der Waals surface area contributed by atoms with E-state index in [0.29, 0.717) is 24.2 Å². The lowest BCUT2D eigenvalue weighted by Crippen LogP contribution is -2.57. The molecule has 4 heteroatoms. The number of ketones is 2. The van der Waals surface area contributed by atoms with Crippen LogP contribution in [-0.4, -0.2) is 34.0 Å². The van der Waals surface area contributed by atoms with E-state index >= 15 is 0 Å². The van der Waals surface area contributed by atoms with Crippen molar-refractivity contribution < 1.29 is 19.8 Å². The van der Waals surface area contributed by atoms with Crippen molar-refractivity contribution in [2.75, 3.05) is 6.61 Å². The molecule has 0 aromatic rings. The number of aliphatic hydroxyl groups is 2. The van der Waals surface area contributed by atoms with Crippen molar-refractivity contribution in [1.82, 2.24) is 0 Å². The van der Waals surface area contributed by atoms with E-state index in [2.05, 4.69) is 19.9 Å². The molecule has 0 spiro atoms. The standard InChI is InChI=1S/C21H28O4/c1-19-8-5-14(23)11-13(19)3-4-15-16(19)6-9-20(2)17(15)7-10-21(20,25)18(24)12-22/h5,8,11,15-17,22,25H,3-4,6-7,9-10,12H2,1-2H3/t15-,16+,17+,19+,20+,21+/m0/s1. The third-order valence-electron chi connectivity index (χ3n) is 8.31. The van der Waals surface area contributed by atoms with Crippen LogP contribution in [-0.2, 0) is 9.59 Å². The average molecular weight is 344 g/mol. The summed E-state index contributed by atoms with van der Waals surface area (Å²) < 4.78 is 0. The lowest BCUT2D eigenvalue weighted by Gasteiger charge is -2.57. The van der Waals surface area contributed by atoms with Crippen molar-refractivity contribution in [3.8, 4) is 0 Å². The monoisotopic (exact) mass is 344 g/mol. The molecule has 136 valence electrons. The number of rotatable bonds is 2. The summed E-state index contributed by atoms with van der Waals surface area (Å²) >= 11 is 0.